The van der Waals surface area contributed by atoms with E-state index in [0.29, 0.717) is 37.9 Å². The molecule has 0 aromatic heterocycles. The van der Waals surface area contributed by atoms with Crippen LogP contribution in [0.4, 0.5) is 0 Å². The van der Waals surface area contributed by atoms with Gasteiger partial charge in [-0.05, 0) is 30.6 Å². The van der Waals surface area contributed by atoms with Crippen molar-refractivity contribution in [3.05, 3.63) is 0 Å². The van der Waals surface area contributed by atoms with Crippen LogP contribution in [0.3, 0.4) is 0 Å². The Hall–Kier alpha value is -0.660. The van der Waals surface area contributed by atoms with Crippen LogP contribution in [-0.4, -0.2) is 55.7 Å². The molecule has 0 aromatic rings. The lowest BCUT2D eigenvalue weighted by molar-refractivity contribution is 0.0722. The molecular weight excluding hydrogens is 292 g/mol. The monoisotopic (exact) mass is 316 g/mol. The lowest BCUT2D eigenvalue weighted by Gasteiger charge is -2.39. The van der Waals surface area contributed by atoms with Gasteiger partial charge in [0.25, 0.3) is 0 Å². The van der Waals surface area contributed by atoms with Gasteiger partial charge in [0.15, 0.2) is 0 Å². The van der Waals surface area contributed by atoms with E-state index in [4.69, 9.17) is 4.74 Å². The van der Waals surface area contributed by atoms with Crippen molar-refractivity contribution in [1.82, 2.24) is 4.31 Å². The second kappa shape index (κ2) is 4.93. The van der Waals surface area contributed by atoms with Crippen molar-refractivity contribution < 1.29 is 18.4 Å². The van der Waals surface area contributed by atoms with Gasteiger partial charge in [-0.15, -0.1) is 0 Å². The number of rotatable bonds is 3. The van der Waals surface area contributed by atoms with Gasteiger partial charge < -0.3 is 9.94 Å². The zero-order valence-corrected chi connectivity index (χ0v) is 13.5. The molecule has 3 rings (SSSR count). The summed E-state index contributed by atoms with van der Waals surface area (Å²) in [6.07, 6.45) is 2.54. The molecule has 1 N–H and O–H groups in total. The highest BCUT2D eigenvalue weighted by Crippen LogP contribution is 2.64. The van der Waals surface area contributed by atoms with Crippen LogP contribution >= 0.6 is 0 Å². The fraction of sp³-hybridized carbons (Fsp3) is 0.929. The first-order valence-corrected chi connectivity index (χ1v) is 9.21. The maximum Gasteiger partial charge on any atom is 0.215 e. The third kappa shape index (κ3) is 2.12. The second-order valence-electron chi connectivity index (χ2n) is 7.06. The summed E-state index contributed by atoms with van der Waals surface area (Å²) in [7, 11) is -3.36. The van der Waals surface area contributed by atoms with Gasteiger partial charge in [-0.2, -0.15) is 4.31 Å². The maximum atomic E-state index is 12.8. The Balaban J connectivity index is 1.91. The molecule has 1 aliphatic heterocycles. The van der Waals surface area contributed by atoms with Gasteiger partial charge in [0.05, 0.1) is 24.7 Å². The maximum absolute atomic E-state index is 12.8. The molecule has 7 heteroatoms. The van der Waals surface area contributed by atoms with Crippen LogP contribution in [0, 0.1) is 16.7 Å². The minimum absolute atomic E-state index is 0.0584. The Morgan fingerprint density at radius 1 is 1.38 bits per heavy atom. The summed E-state index contributed by atoms with van der Waals surface area (Å²) >= 11 is 0. The standard InChI is InChI=1S/C14H24N2O4S/c1-13(2)11-3-4-14(13,12(9-11)15-17)10-21(18,19)16-5-7-20-8-6-16/h11,17H,3-10H2,1-2H3/b15-12+/t11-,14-/m1/s1. The minimum atomic E-state index is -3.36. The topological polar surface area (TPSA) is 79.2 Å². The first-order valence-electron chi connectivity index (χ1n) is 7.60. The summed E-state index contributed by atoms with van der Waals surface area (Å²) in [6.45, 7) is 6.01. The van der Waals surface area contributed by atoms with Crippen LogP contribution in [-0.2, 0) is 14.8 Å². The fourth-order valence-corrected chi connectivity index (χ4v) is 6.70. The van der Waals surface area contributed by atoms with Crippen molar-refractivity contribution in [2.24, 2.45) is 21.9 Å². The van der Waals surface area contributed by atoms with Crippen LogP contribution in [0.25, 0.3) is 0 Å². The zero-order valence-electron chi connectivity index (χ0n) is 12.7. The SMILES string of the molecule is CC1(C)[C@@H]2CC[C@@]1(CS(=O)(=O)N1CCOCC1)/C(=N/O)C2. The fourth-order valence-electron chi connectivity index (χ4n) is 4.50. The van der Waals surface area contributed by atoms with Gasteiger partial charge in [0.2, 0.25) is 10.0 Å². The number of sulfonamides is 1. The minimum Gasteiger partial charge on any atom is -0.411 e. The van der Waals surface area contributed by atoms with E-state index in [2.05, 4.69) is 19.0 Å². The molecule has 1 saturated heterocycles. The molecule has 0 aromatic carbocycles. The molecule has 2 bridgehead atoms. The largest absolute Gasteiger partial charge is 0.411 e. The van der Waals surface area contributed by atoms with Crippen molar-refractivity contribution in [2.45, 2.75) is 33.1 Å². The highest BCUT2D eigenvalue weighted by molar-refractivity contribution is 7.89. The van der Waals surface area contributed by atoms with Gasteiger partial charge in [-0.1, -0.05) is 19.0 Å². The van der Waals surface area contributed by atoms with Gasteiger partial charge in [0, 0.05) is 18.5 Å². The van der Waals surface area contributed by atoms with E-state index in [1.165, 1.54) is 4.31 Å². The Morgan fingerprint density at radius 3 is 2.62 bits per heavy atom. The van der Waals surface area contributed by atoms with E-state index in [-0.39, 0.29) is 11.2 Å². The molecule has 2 saturated carbocycles. The van der Waals surface area contributed by atoms with Crippen LogP contribution in [0.2, 0.25) is 0 Å². The molecule has 21 heavy (non-hydrogen) atoms. The Bertz CT molecular complexity index is 551. The van der Waals surface area contributed by atoms with E-state index in [1.807, 2.05) is 0 Å². The molecule has 6 nitrogen and oxygen atoms in total. The number of hydrogen-bond donors (Lipinski definition) is 1. The van der Waals surface area contributed by atoms with Crippen LogP contribution in [0.15, 0.2) is 5.16 Å². The Kier molecular flexibility index (Phi) is 3.58. The van der Waals surface area contributed by atoms with Crippen LogP contribution in [0.5, 0.6) is 0 Å². The predicted octanol–water partition coefficient (Wildman–Crippen LogP) is 1.30. The normalized spacial score (nSPS) is 38.2. The molecule has 1 heterocycles. The third-order valence-electron chi connectivity index (χ3n) is 6.08. The second-order valence-corrected chi connectivity index (χ2v) is 9.03. The molecule has 120 valence electrons. The van der Waals surface area contributed by atoms with Gasteiger partial charge in [-0.25, -0.2) is 8.42 Å². The van der Waals surface area contributed by atoms with E-state index >= 15 is 0 Å². The Morgan fingerprint density at radius 2 is 2.05 bits per heavy atom. The highest BCUT2D eigenvalue weighted by atomic mass is 32.2. The molecule has 0 spiro atoms. The highest BCUT2D eigenvalue weighted by Gasteiger charge is 2.64. The number of nitrogens with zero attached hydrogens (tertiary/aromatic N) is 2. The van der Waals surface area contributed by atoms with Gasteiger partial charge >= 0.3 is 0 Å². The molecule has 0 unspecified atom stereocenters. The average Bonchev–Trinajstić information content (AvgIpc) is 2.81. The van der Waals surface area contributed by atoms with Crippen LogP contribution < -0.4 is 0 Å². The lowest BCUT2D eigenvalue weighted by Crippen LogP contribution is -2.49. The third-order valence-corrected chi connectivity index (χ3v) is 8.09. The summed E-state index contributed by atoms with van der Waals surface area (Å²) < 4.78 is 32.4. The quantitative estimate of drug-likeness (QED) is 0.629. The molecule has 2 aliphatic carbocycles. The summed E-state index contributed by atoms with van der Waals surface area (Å²) in [4.78, 5) is 0. The molecule has 2 atom stereocenters. The summed E-state index contributed by atoms with van der Waals surface area (Å²) in [5, 5.41) is 12.8. The number of hydrogen-bond acceptors (Lipinski definition) is 5. The van der Waals surface area contributed by atoms with E-state index in [9.17, 15) is 13.6 Å². The van der Waals surface area contributed by atoms with Crippen molar-refractivity contribution in [3.8, 4) is 0 Å². The van der Waals surface area contributed by atoms with E-state index in [0.717, 1.165) is 19.3 Å². The molecule has 0 radical (unpaired) electrons. The number of oxime groups is 1. The number of morpholine rings is 1. The number of ether oxygens (including phenoxy) is 1. The van der Waals surface area contributed by atoms with E-state index < -0.39 is 15.4 Å². The van der Waals surface area contributed by atoms with E-state index in [1.54, 1.807) is 0 Å². The van der Waals surface area contributed by atoms with Gasteiger partial charge in [0.1, 0.15) is 0 Å². The van der Waals surface area contributed by atoms with Crippen LogP contribution in [0.1, 0.15) is 33.1 Å². The zero-order chi connectivity index (χ0) is 15.3. The van der Waals surface area contributed by atoms with Crippen molar-refractivity contribution in [1.29, 1.82) is 0 Å². The Labute approximate surface area is 126 Å². The first-order chi connectivity index (χ1) is 9.83. The molecule has 0 amide bonds. The predicted molar refractivity (Wildman–Crippen MR) is 79.0 cm³/mol. The smallest absolute Gasteiger partial charge is 0.215 e. The lowest BCUT2D eigenvalue weighted by atomic mass is 9.70. The van der Waals surface area contributed by atoms with Gasteiger partial charge in [-0.3, -0.25) is 0 Å². The first kappa shape index (κ1) is 15.2. The van der Waals surface area contributed by atoms with Crippen molar-refractivity contribution >= 4 is 15.7 Å². The molecule has 3 fully saturated rings. The molecule has 3 aliphatic rings. The average molecular weight is 316 g/mol. The van der Waals surface area contributed by atoms with Crippen molar-refractivity contribution in [3.63, 3.8) is 0 Å². The summed E-state index contributed by atoms with van der Waals surface area (Å²) in [6, 6.07) is 0. The molecular formula is C14H24N2O4S. The summed E-state index contributed by atoms with van der Waals surface area (Å²) in [5.41, 5.74) is 0.0397. The number of fused-ring (bicyclic) bond motifs is 2. The van der Waals surface area contributed by atoms with Crippen molar-refractivity contribution in [2.75, 3.05) is 32.1 Å². The summed E-state index contributed by atoms with van der Waals surface area (Å²) in [5.74, 6) is 0.478.